The Morgan fingerprint density at radius 3 is 2.50 bits per heavy atom. The number of sulfonamides is 1. The molecular weight excluding hydrogens is 396 g/mol. The molecule has 30 heavy (non-hydrogen) atoms. The highest BCUT2D eigenvalue weighted by Gasteiger charge is 2.32. The normalized spacial score (nSPS) is 17.5. The zero-order valence-electron chi connectivity index (χ0n) is 17.5. The Morgan fingerprint density at radius 1 is 1.07 bits per heavy atom. The van der Waals surface area contributed by atoms with Gasteiger partial charge in [-0.05, 0) is 30.0 Å². The second kappa shape index (κ2) is 8.62. The third-order valence-corrected chi connectivity index (χ3v) is 6.89. The Bertz CT molecular complexity index is 1100. The number of nitrogens with zero attached hydrogens (tertiary/aromatic N) is 4. The Hall–Kier alpha value is -2.64. The van der Waals surface area contributed by atoms with Gasteiger partial charge in [-0.1, -0.05) is 48.5 Å². The van der Waals surface area contributed by atoms with Crippen LogP contribution in [0.25, 0.3) is 0 Å². The van der Waals surface area contributed by atoms with Gasteiger partial charge in [-0.2, -0.15) is 4.31 Å². The molecule has 158 valence electrons. The minimum atomic E-state index is -3.31. The van der Waals surface area contributed by atoms with Crippen LogP contribution in [0.2, 0.25) is 0 Å². The van der Waals surface area contributed by atoms with Crippen LogP contribution in [0.4, 0.5) is 5.69 Å². The van der Waals surface area contributed by atoms with Crippen LogP contribution in [0.1, 0.15) is 23.2 Å². The first-order valence-corrected chi connectivity index (χ1v) is 12.1. The van der Waals surface area contributed by atoms with Crippen LogP contribution in [0.5, 0.6) is 0 Å². The third kappa shape index (κ3) is 4.74. The maximum atomic E-state index is 12.5. The molecule has 0 N–H and O–H groups in total. The average molecular weight is 425 g/mol. The molecule has 3 aromatic rings. The number of aromatic nitrogens is 2. The van der Waals surface area contributed by atoms with Crippen LogP contribution in [-0.2, 0) is 36.6 Å². The number of anilines is 1. The molecule has 0 saturated heterocycles. The predicted molar refractivity (Wildman–Crippen MR) is 120 cm³/mol. The first-order valence-electron chi connectivity index (χ1n) is 10.2. The number of hydrogen-bond donors (Lipinski definition) is 0. The molecule has 0 fully saturated rings. The molecule has 0 aliphatic carbocycles. The van der Waals surface area contributed by atoms with Crippen molar-refractivity contribution >= 4 is 15.7 Å². The monoisotopic (exact) mass is 424 g/mol. The molecule has 0 bridgehead atoms. The van der Waals surface area contributed by atoms with Crippen LogP contribution in [-0.4, -0.2) is 41.1 Å². The van der Waals surface area contributed by atoms with Crippen LogP contribution >= 0.6 is 0 Å². The third-order valence-electron chi connectivity index (χ3n) is 5.67. The Labute approximate surface area is 178 Å². The van der Waals surface area contributed by atoms with Gasteiger partial charge in [-0.25, -0.2) is 13.4 Å². The van der Waals surface area contributed by atoms with E-state index in [1.165, 1.54) is 11.8 Å². The summed E-state index contributed by atoms with van der Waals surface area (Å²) < 4.78 is 28.6. The molecule has 1 aromatic heterocycles. The summed E-state index contributed by atoms with van der Waals surface area (Å²) in [6, 6.07) is 18.5. The molecule has 1 aliphatic rings. The van der Waals surface area contributed by atoms with E-state index in [0.29, 0.717) is 19.6 Å². The lowest BCUT2D eigenvalue weighted by atomic mass is 10.0. The van der Waals surface area contributed by atoms with E-state index in [1.54, 1.807) is 10.6 Å². The Morgan fingerprint density at radius 2 is 1.80 bits per heavy atom. The summed E-state index contributed by atoms with van der Waals surface area (Å²) in [4.78, 5) is 6.86. The van der Waals surface area contributed by atoms with Gasteiger partial charge in [0, 0.05) is 38.1 Å². The lowest BCUT2D eigenvalue weighted by Gasteiger charge is -2.33. The standard InChI is InChI=1S/C23H28N4O2S/c1-25-15-21(24-18-25)16-27-22(13-12-19-8-4-3-5-9-19)17-26(30(2,28)29)14-20-10-6-7-11-23(20)27/h3-11,15,18,22H,12-14,16-17H2,1-2H3. The highest BCUT2D eigenvalue weighted by atomic mass is 32.2. The van der Waals surface area contributed by atoms with Crippen molar-refractivity contribution in [3.63, 3.8) is 0 Å². The van der Waals surface area contributed by atoms with E-state index in [9.17, 15) is 8.42 Å². The second-order valence-electron chi connectivity index (χ2n) is 8.02. The number of hydrogen-bond acceptors (Lipinski definition) is 4. The Kier molecular flexibility index (Phi) is 5.92. The minimum absolute atomic E-state index is 0.0468. The van der Waals surface area contributed by atoms with Gasteiger partial charge in [0.05, 0.1) is 24.8 Å². The maximum Gasteiger partial charge on any atom is 0.211 e. The van der Waals surface area contributed by atoms with Gasteiger partial charge in [0.1, 0.15) is 0 Å². The lowest BCUT2D eigenvalue weighted by Crippen LogP contribution is -2.43. The van der Waals surface area contributed by atoms with Crippen molar-refractivity contribution in [2.75, 3.05) is 17.7 Å². The highest BCUT2D eigenvalue weighted by molar-refractivity contribution is 7.88. The molecule has 1 atom stereocenters. The number of rotatable bonds is 6. The Balaban J connectivity index is 1.70. The molecule has 0 saturated carbocycles. The zero-order chi connectivity index (χ0) is 21.1. The van der Waals surface area contributed by atoms with Gasteiger partial charge in [0.25, 0.3) is 0 Å². The number of imidazole rings is 1. The number of aryl methyl sites for hydroxylation is 2. The van der Waals surface area contributed by atoms with Crippen LogP contribution < -0.4 is 4.90 Å². The van der Waals surface area contributed by atoms with E-state index < -0.39 is 10.0 Å². The quantitative estimate of drug-likeness (QED) is 0.610. The van der Waals surface area contributed by atoms with E-state index in [1.807, 2.05) is 54.2 Å². The summed E-state index contributed by atoms with van der Waals surface area (Å²) >= 11 is 0. The van der Waals surface area contributed by atoms with Gasteiger partial charge >= 0.3 is 0 Å². The minimum Gasteiger partial charge on any atom is -0.361 e. The number of benzene rings is 2. The van der Waals surface area contributed by atoms with Crippen molar-refractivity contribution in [2.24, 2.45) is 7.05 Å². The first kappa shape index (κ1) is 20.6. The summed E-state index contributed by atoms with van der Waals surface area (Å²) in [6.07, 6.45) is 6.89. The van der Waals surface area contributed by atoms with E-state index >= 15 is 0 Å². The largest absolute Gasteiger partial charge is 0.361 e. The van der Waals surface area contributed by atoms with Gasteiger partial charge < -0.3 is 9.47 Å². The zero-order valence-corrected chi connectivity index (χ0v) is 18.3. The molecule has 2 heterocycles. The van der Waals surface area contributed by atoms with E-state index in [-0.39, 0.29) is 6.04 Å². The molecule has 1 unspecified atom stereocenters. The molecule has 0 amide bonds. The summed E-state index contributed by atoms with van der Waals surface area (Å²) in [6.45, 7) is 1.51. The summed E-state index contributed by atoms with van der Waals surface area (Å²) in [5.41, 5.74) is 4.36. The number of fused-ring (bicyclic) bond motifs is 1. The number of para-hydroxylation sites is 1. The molecule has 4 rings (SSSR count). The predicted octanol–water partition coefficient (Wildman–Crippen LogP) is 3.20. The van der Waals surface area contributed by atoms with Gasteiger partial charge in [-0.3, -0.25) is 0 Å². The fourth-order valence-corrected chi connectivity index (χ4v) is 4.94. The smallest absolute Gasteiger partial charge is 0.211 e. The van der Waals surface area contributed by atoms with E-state index in [2.05, 4.69) is 28.1 Å². The molecule has 1 aliphatic heterocycles. The maximum absolute atomic E-state index is 12.5. The molecule has 6 nitrogen and oxygen atoms in total. The lowest BCUT2D eigenvalue weighted by molar-refractivity contribution is 0.373. The summed E-state index contributed by atoms with van der Waals surface area (Å²) in [5, 5.41) is 0. The van der Waals surface area contributed by atoms with Gasteiger partial charge in [-0.15, -0.1) is 0 Å². The van der Waals surface area contributed by atoms with Crippen molar-refractivity contribution < 1.29 is 8.42 Å². The van der Waals surface area contributed by atoms with Crippen LogP contribution in [0.15, 0.2) is 67.1 Å². The van der Waals surface area contributed by atoms with Crippen molar-refractivity contribution in [1.29, 1.82) is 0 Å². The highest BCUT2D eigenvalue weighted by Crippen LogP contribution is 2.31. The molecular formula is C23H28N4O2S. The molecule has 0 radical (unpaired) electrons. The molecule has 0 spiro atoms. The van der Waals surface area contributed by atoms with Crippen LogP contribution in [0, 0.1) is 0 Å². The first-order chi connectivity index (χ1) is 14.4. The van der Waals surface area contributed by atoms with Gasteiger partial charge in [0.2, 0.25) is 10.0 Å². The second-order valence-corrected chi connectivity index (χ2v) is 10.0. The van der Waals surface area contributed by atoms with Crippen LogP contribution in [0.3, 0.4) is 0 Å². The van der Waals surface area contributed by atoms with Gasteiger partial charge in [0.15, 0.2) is 0 Å². The van der Waals surface area contributed by atoms with Crippen molar-refractivity contribution in [3.05, 3.63) is 83.9 Å². The summed E-state index contributed by atoms with van der Waals surface area (Å²) in [7, 11) is -1.35. The summed E-state index contributed by atoms with van der Waals surface area (Å²) in [5.74, 6) is 0. The molecule has 7 heteroatoms. The van der Waals surface area contributed by atoms with E-state index in [4.69, 9.17) is 0 Å². The van der Waals surface area contributed by atoms with Crippen molar-refractivity contribution in [3.8, 4) is 0 Å². The fourth-order valence-electron chi connectivity index (χ4n) is 4.12. The van der Waals surface area contributed by atoms with E-state index in [0.717, 1.165) is 29.8 Å². The van der Waals surface area contributed by atoms with Crippen molar-refractivity contribution in [1.82, 2.24) is 13.9 Å². The SMILES string of the molecule is Cn1cnc(CN2c3ccccc3CN(S(C)(=O)=O)CC2CCc2ccccc2)c1. The molecule has 2 aromatic carbocycles. The average Bonchev–Trinajstić information content (AvgIpc) is 3.06. The topological polar surface area (TPSA) is 58.4 Å². The fraction of sp³-hybridized carbons (Fsp3) is 0.348. The van der Waals surface area contributed by atoms with Crippen molar-refractivity contribution in [2.45, 2.75) is 32.0 Å².